The maximum Gasteiger partial charge on any atom is 0.101 e. The number of hydrazone groups is 1. The minimum absolute atomic E-state index is 0.307. The van der Waals surface area contributed by atoms with Crippen LogP contribution >= 0.6 is 0 Å². The van der Waals surface area contributed by atoms with Gasteiger partial charge in [0, 0.05) is 5.92 Å². The summed E-state index contributed by atoms with van der Waals surface area (Å²) in [6, 6.07) is 21.2. The molecule has 1 saturated carbocycles. The van der Waals surface area contributed by atoms with E-state index in [4.69, 9.17) is 9.84 Å². The van der Waals surface area contributed by atoms with Gasteiger partial charge in [-0.25, -0.2) is 0 Å². The lowest BCUT2D eigenvalue weighted by Gasteiger charge is -2.24. The highest BCUT2D eigenvalue weighted by atomic mass is 16.6. The molecule has 3 unspecified atom stereocenters. The van der Waals surface area contributed by atoms with E-state index in [9.17, 15) is 0 Å². The first-order chi connectivity index (χ1) is 12.3. The van der Waals surface area contributed by atoms with E-state index in [2.05, 4.69) is 72.6 Å². The van der Waals surface area contributed by atoms with Gasteiger partial charge in [0.15, 0.2) is 0 Å². The van der Waals surface area contributed by atoms with Crippen LogP contribution < -0.4 is 5.01 Å². The maximum absolute atomic E-state index is 5.48. The molecule has 1 aliphatic heterocycles. The average Bonchev–Trinajstić information content (AvgIpc) is 3.39. The number of rotatable bonds is 6. The number of benzene rings is 2. The fourth-order valence-corrected chi connectivity index (χ4v) is 3.81. The monoisotopic (exact) mass is 334 g/mol. The summed E-state index contributed by atoms with van der Waals surface area (Å²) in [5, 5.41) is 7.34. The fraction of sp³-hybridized carbons (Fsp3) is 0.409. The molecule has 0 spiro atoms. The van der Waals surface area contributed by atoms with Crippen LogP contribution in [0.1, 0.15) is 31.7 Å². The molecule has 2 aromatic carbocycles. The van der Waals surface area contributed by atoms with Crippen molar-refractivity contribution in [1.29, 1.82) is 0 Å². The van der Waals surface area contributed by atoms with Crippen molar-refractivity contribution >= 4 is 11.4 Å². The van der Waals surface area contributed by atoms with Crippen LogP contribution in [0.3, 0.4) is 0 Å². The first-order valence-corrected chi connectivity index (χ1v) is 9.39. The van der Waals surface area contributed by atoms with Gasteiger partial charge in [0.2, 0.25) is 0 Å². The summed E-state index contributed by atoms with van der Waals surface area (Å²) in [7, 11) is 0. The van der Waals surface area contributed by atoms with Gasteiger partial charge < -0.3 is 4.74 Å². The number of hydrogen-bond acceptors (Lipinski definition) is 3. The van der Waals surface area contributed by atoms with E-state index < -0.39 is 0 Å². The van der Waals surface area contributed by atoms with Gasteiger partial charge in [-0.1, -0.05) is 68.3 Å². The number of ether oxygens (including phenoxy) is 1. The van der Waals surface area contributed by atoms with Crippen molar-refractivity contribution in [3.05, 3.63) is 66.2 Å². The van der Waals surface area contributed by atoms with E-state index in [-0.39, 0.29) is 0 Å². The lowest BCUT2D eigenvalue weighted by atomic mass is 9.89. The van der Waals surface area contributed by atoms with Gasteiger partial charge in [0.05, 0.1) is 24.6 Å². The van der Waals surface area contributed by atoms with Gasteiger partial charge in [0.25, 0.3) is 0 Å². The first-order valence-electron chi connectivity index (χ1n) is 9.39. The molecule has 0 aromatic heterocycles. The lowest BCUT2D eigenvalue weighted by Crippen LogP contribution is -2.28. The Kier molecular flexibility index (Phi) is 4.84. The molecule has 2 aliphatic rings. The highest BCUT2D eigenvalue weighted by Gasteiger charge is 2.31. The Balaban J connectivity index is 1.72. The topological polar surface area (TPSA) is 28.1 Å². The molecule has 1 heterocycles. The zero-order valence-corrected chi connectivity index (χ0v) is 14.8. The molecule has 0 N–H and O–H groups in total. The Morgan fingerprint density at radius 2 is 1.72 bits per heavy atom. The van der Waals surface area contributed by atoms with E-state index in [1.807, 2.05) is 0 Å². The first kappa shape index (κ1) is 16.3. The van der Waals surface area contributed by atoms with Gasteiger partial charge in [-0.3, -0.25) is 5.01 Å². The predicted octanol–water partition coefficient (Wildman–Crippen LogP) is 4.73. The maximum atomic E-state index is 5.48. The average molecular weight is 334 g/mol. The summed E-state index contributed by atoms with van der Waals surface area (Å²) in [5.74, 6) is 1.22. The molecule has 2 fully saturated rings. The van der Waals surface area contributed by atoms with Gasteiger partial charge in [0.1, 0.15) is 6.10 Å². The third-order valence-corrected chi connectivity index (χ3v) is 5.34. The summed E-state index contributed by atoms with van der Waals surface area (Å²) >= 11 is 0. The van der Waals surface area contributed by atoms with Crippen LogP contribution in [0.15, 0.2) is 65.8 Å². The fourth-order valence-electron chi connectivity index (χ4n) is 3.81. The number of hydrogen-bond donors (Lipinski definition) is 0. The minimum atomic E-state index is 0.307. The molecular weight excluding hydrogens is 308 g/mol. The normalized spacial score (nSPS) is 25.8. The molecular formula is C22H26N2O. The van der Waals surface area contributed by atoms with Crippen LogP contribution in [0.5, 0.6) is 0 Å². The highest BCUT2D eigenvalue weighted by molar-refractivity contribution is 6.03. The van der Waals surface area contributed by atoms with Crippen LogP contribution in [-0.4, -0.2) is 25.0 Å². The van der Waals surface area contributed by atoms with Crippen molar-refractivity contribution in [2.45, 2.75) is 32.3 Å². The zero-order valence-electron chi connectivity index (χ0n) is 14.8. The molecule has 2 aromatic rings. The number of anilines is 1. The largest absolute Gasteiger partial charge is 0.371 e. The second-order valence-corrected chi connectivity index (χ2v) is 7.24. The van der Waals surface area contributed by atoms with Crippen LogP contribution in [0.4, 0.5) is 5.69 Å². The summed E-state index contributed by atoms with van der Waals surface area (Å²) in [4.78, 5) is 0. The van der Waals surface area contributed by atoms with E-state index in [0.29, 0.717) is 17.9 Å². The summed E-state index contributed by atoms with van der Waals surface area (Å²) in [5.41, 5.74) is 3.62. The smallest absolute Gasteiger partial charge is 0.101 e. The quantitative estimate of drug-likeness (QED) is 0.434. The van der Waals surface area contributed by atoms with Gasteiger partial charge in [-0.15, -0.1) is 0 Å². The Morgan fingerprint density at radius 3 is 2.32 bits per heavy atom. The molecule has 0 amide bonds. The molecule has 0 radical (unpaired) electrons. The minimum Gasteiger partial charge on any atom is -0.371 e. The molecule has 0 bridgehead atoms. The summed E-state index contributed by atoms with van der Waals surface area (Å²) < 4.78 is 5.48. The van der Waals surface area contributed by atoms with Crippen molar-refractivity contribution in [3.63, 3.8) is 0 Å². The third kappa shape index (κ3) is 3.93. The number of para-hydroxylation sites is 1. The molecule has 1 aliphatic carbocycles. The van der Waals surface area contributed by atoms with E-state index in [1.54, 1.807) is 0 Å². The van der Waals surface area contributed by atoms with Gasteiger partial charge in [-0.05, 0) is 30.0 Å². The van der Waals surface area contributed by atoms with Crippen molar-refractivity contribution in [2.24, 2.45) is 16.9 Å². The van der Waals surface area contributed by atoms with Gasteiger partial charge in [-0.2, -0.15) is 5.10 Å². The molecule has 3 nitrogen and oxygen atoms in total. The predicted molar refractivity (Wildman–Crippen MR) is 103 cm³/mol. The Labute approximate surface area is 150 Å². The second-order valence-electron chi connectivity index (χ2n) is 7.24. The number of epoxide rings is 1. The lowest BCUT2D eigenvalue weighted by molar-refractivity contribution is 0.408. The number of nitrogens with zero attached hydrogens (tertiary/aromatic N) is 2. The zero-order chi connectivity index (χ0) is 17.1. The van der Waals surface area contributed by atoms with E-state index in [0.717, 1.165) is 18.8 Å². The Hall–Kier alpha value is -2.13. The van der Waals surface area contributed by atoms with Crippen LogP contribution in [-0.2, 0) is 4.74 Å². The van der Waals surface area contributed by atoms with Crippen molar-refractivity contribution in [2.75, 3.05) is 18.2 Å². The standard InChI is InChI=1S/C22H26N2O/c1-17-9-8-14-21(17)22(18-10-4-2-5-11-18)23-24(15-20-16-25-20)19-12-6-3-7-13-19/h2-7,10-13,17,20-21H,8-9,14-16H2,1H3/b23-22-. The summed E-state index contributed by atoms with van der Waals surface area (Å²) in [6.45, 7) is 4.04. The van der Waals surface area contributed by atoms with Crippen LogP contribution in [0.25, 0.3) is 0 Å². The molecule has 3 heteroatoms. The van der Waals surface area contributed by atoms with Crippen molar-refractivity contribution < 1.29 is 4.74 Å². The third-order valence-electron chi connectivity index (χ3n) is 5.34. The molecule has 130 valence electrons. The summed E-state index contributed by atoms with van der Waals surface area (Å²) in [6.07, 6.45) is 4.14. The van der Waals surface area contributed by atoms with E-state index in [1.165, 1.54) is 30.5 Å². The molecule has 3 atom stereocenters. The van der Waals surface area contributed by atoms with Crippen molar-refractivity contribution in [3.8, 4) is 0 Å². The Bertz CT molecular complexity index is 709. The highest BCUT2D eigenvalue weighted by Crippen LogP contribution is 2.35. The van der Waals surface area contributed by atoms with Crippen LogP contribution in [0, 0.1) is 11.8 Å². The molecule has 1 saturated heterocycles. The van der Waals surface area contributed by atoms with Crippen molar-refractivity contribution in [1.82, 2.24) is 0 Å². The Morgan fingerprint density at radius 1 is 1.04 bits per heavy atom. The SMILES string of the molecule is CC1CCCC1/C(=N\N(CC1CO1)c1ccccc1)c1ccccc1. The van der Waals surface area contributed by atoms with E-state index >= 15 is 0 Å². The molecule has 25 heavy (non-hydrogen) atoms. The second kappa shape index (κ2) is 7.40. The molecule has 4 rings (SSSR count). The van der Waals surface area contributed by atoms with Gasteiger partial charge >= 0.3 is 0 Å². The van der Waals surface area contributed by atoms with Crippen LogP contribution in [0.2, 0.25) is 0 Å².